The van der Waals surface area contributed by atoms with E-state index in [9.17, 15) is 23.2 Å². The Kier molecular flexibility index (Phi) is 9.04. The number of hydrogen-bond acceptors (Lipinski definition) is 10. The second-order valence-corrected chi connectivity index (χ2v) is 11.7. The largest absolute Gasteiger partial charge is 0.464 e. The topological polar surface area (TPSA) is 133 Å². The maximum Gasteiger partial charge on any atom is 0.419 e. The first-order valence-corrected chi connectivity index (χ1v) is 14.4. The van der Waals surface area contributed by atoms with Gasteiger partial charge in [-0.25, -0.2) is 14.2 Å². The van der Waals surface area contributed by atoms with Crippen molar-refractivity contribution in [3.05, 3.63) is 78.1 Å². The van der Waals surface area contributed by atoms with Crippen molar-refractivity contribution in [3.63, 3.8) is 0 Å². The van der Waals surface area contributed by atoms with Crippen LogP contribution < -0.4 is 9.80 Å². The lowest BCUT2D eigenvalue weighted by molar-refractivity contribution is -0.107. The van der Waals surface area contributed by atoms with Gasteiger partial charge in [-0.2, -0.15) is 8.78 Å². The molecule has 0 aliphatic heterocycles. The molecule has 0 aliphatic rings. The summed E-state index contributed by atoms with van der Waals surface area (Å²) in [6.45, 7) is 5.55. The lowest BCUT2D eigenvalue weighted by atomic mass is 10.0. The number of rotatable bonds is 9. The summed E-state index contributed by atoms with van der Waals surface area (Å²) in [5.74, 6) is -1.51. The highest BCUT2D eigenvalue weighted by Gasteiger charge is 2.26. The number of hydrogen-bond donors (Lipinski definition) is 0. The van der Waals surface area contributed by atoms with Gasteiger partial charge in [-0.15, -0.1) is 10.2 Å². The second kappa shape index (κ2) is 13.0. The number of methoxy groups -OCH3 is 1. The van der Waals surface area contributed by atoms with Crippen LogP contribution in [0.4, 0.5) is 25.0 Å². The molecule has 0 N–H and O–H groups in total. The van der Waals surface area contributed by atoms with Crippen LogP contribution in [0.1, 0.15) is 49.3 Å². The van der Waals surface area contributed by atoms with Gasteiger partial charge in [0.15, 0.2) is 0 Å². The molecule has 12 nitrogen and oxygen atoms in total. The molecule has 0 bridgehead atoms. The van der Waals surface area contributed by atoms with Gasteiger partial charge in [0.2, 0.25) is 12.3 Å². The van der Waals surface area contributed by atoms with Gasteiger partial charge in [-0.1, -0.05) is 18.2 Å². The summed E-state index contributed by atoms with van der Waals surface area (Å²) >= 11 is 0. The number of aromatic nitrogens is 4. The fourth-order valence-electron chi connectivity index (χ4n) is 4.92. The van der Waals surface area contributed by atoms with Crippen molar-refractivity contribution in [2.24, 2.45) is 0 Å². The number of carbonyl (C=O) groups excluding carboxylic acids is 3. The number of esters is 1. The van der Waals surface area contributed by atoms with Crippen molar-refractivity contribution in [3.8, 4) is 22.6 Å². The van der Waals surface area contributed by atoms with Gasteiger partial charge in [0.05, 0.1) is 41.8 Å². The number of pyridine rings is 1. The second-order valence-electron chi connectivity index (χ2n) is 11.7. The highest BCUT2D eigenvalue weighted by molar-refractivity contribution is 6.02. The molecule has 47 heavy (non-hydrogen) atoms. The number of benzene rings is 2. The average molecular weight is 647 g/mol. The summed E-state index contributed by atoms with van der Waals surface area (Å²) in [7, 11) is 4.71. The first-order valence-electron chi connectivity index (χ1n) is 14.4. The minimum absolute atomic E-state index is 0.0314. The average Bonchev–Trinajstić information content (AvgIpc) is 3.69. The van der Waals surface area contributed by atoms with Crippen molar-refractivity contribution >= 4 is 40.8 Å². The number of anilines is 2. The van der Waals surface area contributed by atoms with Gasteiger partial charge >= 0.3 is 18.5 Å². The molecule has 14 heteroatoms. The number of alkyl halides is 2. The molecule has 3 aromatic heterocycles. The lowest BCUT2D eigenvalue weighted by Gasteiger charge is -2.25. The van der Waals surface area contributed by atoms with Crippen molar-refractivity contribution < 1.29 is 37.1 Å². The van der Waals surface area contributed by atoms with Crippen LogP contribution in [0.5, 0.6) is 0 Å². The summed E-state index contributed by atoms with van der Waals surface area (Å²) in [6.07, 6.45) is -1.43. The van der Waals surface area contributed by atoms with Crippen molar-refractivity contribution in [2.45, 2.75) is 39.3 Å². The van der Waals surface area contributed by atoms with E-state index < -0.39 is 30.0 Å². The van der Waals surface area contributed by atoms with Crippen LogP contribution in [0.25, 0.3) is 33.5 Å². The summed E-state index contributed by atoms with van der Waals surface area (Å²) < 4.78 is 42.3. The molecular formula is C33H32F2N6O6. The lowest BCUT2D eigenvalue weighted by Crippen LogP contribution is -2.29. The van der Waals surface area contributed by atoms with E-state index >= 15 is 0 Å². The zero-order chi connectivity index (χ0) is 34.0. The molecule has 0 unspecified atom stereocenters. The molecule has 5 aromatic rings. The molecule has 5 rings (SSSR count). The van der Waals surface area contributed by atoms with Gasteiger partial charge in [0, 0.05) is 25.7 Å². The normalized spacial score (nSPS) is 11.5. The van der Waals surface area contributed by atoms with Crippen LogP contribution in [0.2, 0.25) is 0 Å². The minimum Gasteiger partial charge on any atom is -0.464 e. The SMILES string of the molecule is COC(=O)c1cc2ccc(-c3ccc(N(C)Cc4ccc(-c5nnc(C(F)F)o5)cn4)c(N(C)C=O)c3)cc2n1C(=O)OC(C)(C)C. The molecular weight excluding hydrogens is 614 g/mol. The van der Waals surface area contributed by atoms with Crippen LogP contribution in [-0.4, -0.2) is 65.0 Å². The molecule has 2 aromatic carbocycles. The van der Waals surface area contributed by atoms with Gasteiger partial charge in [0.1, 0.15) is 11.3 Å². The summed E-state index contributed by atoms with van der Waals surface area (Å²) in [6, 6.07) is 15.9. The zero-order valence-corrected chi connectivity index (χ0v) is 26.5. The van der Waals surface area contributed by atoms with Gasteiger partial charge in [0.25, 0.3) is 5.89 Å². The molecule has 244 valence electrons. The van der Waals surface area contributed by atoms with Crippen molar-refractivity contribution in [1.82, 2.24) is 19.7 Å². The zero-order valence-electron chi connectivity index (χ0n) is 26.5. The molecule has 0 aliphatic carbocycles. The number of fused-ring (bicyclic) bond motifs is 1. The fourth-order valence-corrected chi connectivity index (χ4v) is 4.92. The van der Waals surface area contributed by atoms with E-state index in [2.05, 4.69) is 15.2 Å². The number of amides is 1. The molecule has 3 heterocycles. The monoisotopic (exact) mass is 646 g/mol. The quantitative estimate of drug-likeness (QED) is 0.129. The minimum atomic E-state index is -2.87. The van der Waals surface area contributed by atoms with Crippen LogP contribution in [0, 0.1) is 0 Å². The van der Waals surface area contributed by atoms with E-state index in [1.165, 1.54) is 22.8 Å². The molecule has 0 saturated carbocycles. The summed E-state index contributed by atoms with van der Waals surface area (Å²) in [5, 5.41) is 7.62. The Morgan fingerprint density at radius 1 is 0.979 bits per heavy atom. The van der Waals surface area contributed by atoms with E-state index in [4.69, 9.17) is 13.9 Å². The Morgan fingerprint density at radius 2 is 1.68 bits per heavy atom. The Hall–Kier alpha value is -5.66. The van der Waals surface area contributed by atoms with Gasteiger partial charge in [-0.05, 0) is 68.3 Å². The predicted octanol–water partition coefficient (Wildman–Crippen LogP) is 6.49. The maximum atomic E-state index is 13.2. The standard InChI is InChI=1S/C33H32F2N6O6/c1-33(2,3)47-32(44)41-25-13-19(7-8-21(25)15-27(41)31(43)45-6)20-10-12-24(26(14-20)40(5)18-42)39(4)17-23-11-9-22(16-36-23)29-37-38-30(46-29)28(34)35/h7-16,18,28H,17H2,1-6H3. The summed E-state index contributed by atoms with van der Waals surface area (Å²) in [4.78, 5) is 45.5. The van der Waals surface area contributed by atoms with Crippen LogP contribution in [0.3, 0.4) is 0 Å². The maximum absolute atomic E-state index is 13.2. The fraction of sp³-hybridized carbons (Fsp3) is 0.273. The Morgan fingerprint density at radius 3 is 2.30 bits per heavy atom. The van der Waals surface area contributed by atoms with Crippen LogP contribution >= 0.6 is 0 Å². The Bertz CT molecular complexity index is 1950. The molecule has 0 spiro atoms. The first-order chi connectivity index (χ1) is 22.3. The Balaban J connectivity index is 1.46. The first kappa shape index (κ1) is 32.7. The third-order valence-electron chi connectivity index (χ3n) is 7.13. The number of carbonyl (C=O) groups is 3. The molecule has 0 atom stereocenters. The van der Waals surface area contributed by atoms with E-state index in [1.807, 2.05) is 36.2 Å². The van der Waals surface area contributed by atoms with E-state index in [1.54, 1.807) is 58.2 Å². The van der Waals surface area contributed by atoms with Crippen LogP contribution in [-0.2, 0) is 20.8 Å². The third-order valence-corrected chi connectivity index (χ3v) is 7.13. The van der Waals surface area contributed by atoms with Gasteiger partial charge < -0.3 is 23.7 Å². The van der Waals surface area contributed by atoms with Crippen molar-refractivity contribution in [1.29, 1.82) is 0 Å². The molecule has 0 saturated heterocycles. The summed E-state index contributed by atoms with van der Waals surface area (Å²) in [5.41, 5.74) is 3.51. The third kappa shape index (κ3) is 6.95. The highest BCUT2D eigenvalue weighted by Crippen LogP contribution is 2.35. The van der Waals surface area contributed by atoms with Gasteiger partial charge in [-0.3, -0.25) is 9.78 Å². The van der Waals surface area contributed by atoms with E-state index in [-0.39, 0.29) is 11.6 Å². The Labute approximate surface area is 268 Å². The number of halogens is 2. The smallest absolute Gasteiger partial charge is 0.419 e. The molecule has 0 radical (unpaired) electrons. The highest BCUT2D eigenvalue weighted by atomic mass is 19.3. The van der Waals surface area contributed by atoms with E-state index in [0.29, 0.717) is 40.8 Å². The van der Waals surface area contributed by atoms with Crippen LogP contribution in [0.15, 0.2) is 65.2 Å². The number of ether oxygens (including phenoxy) is 2. The predicted molar refractivity (Wildman–Crippen MR) is 169 cm³/mol. The molecule has 0 fully saturated rings. The van der Waals surface area contributed by atoms with Crippen molar-refractivity contribution in [2.75, 3.05) is 31.0 Å². The molecule has 1 amide bonds. The number of nitrogens with zero attached hydrogens (tertiary/aromatic N) is 6. The van der Waals surface area contributed by atoms with E-state index in [0.717, 1.165) is 16.8 Å².